The summed E-state index contributed by atoms with van der Waals surface area (Å²) in [5.74, 6) is 2.22. The Morgan fingerprint density at radius 3 is 2.68 bits per heavy atom. The second-order valence-corrected chi connectivity index (χ2v) is 4.89. The van der Waals surface area contributed by atoms with E-state index < -0.39 is 0 Å². The molecule has 0 bridgehead atoms. The van der Waals surface area contributed by atoms with E-state index in [0.717, 1.165) is 24.4 Å². The van der Waals surface area contributed by atoms with Gasteiger partial charge in [-0.05, 0) is 29.5 Å². The highest BCUT2D eigenvalue weighted by molar-refractivity contribution is 5.38. The molecule has 2 aromatic rings. The lowest BCUT2D eigenvalue weighted by Gasteiger charge is -2.12. The van der Waals surface area contributed by atoms with Crippen molar-refractivity contribution in [2.45, 2.75) is 32.6 Å². The van der Waals surface area contributed by atoms with E-state index in [2.05, 4.69) is 31.0 Å². The van der Waals surface area contributed by atoms with Crippen LogP contribution in [0.3, 0.4) is 0 Å². The molecule has 0 aliphatic rings. The second-order valence-electron chi connectivity index (χ2n) is 4.89. The molecule has 2 N–H and O–H groups in total. The van der Waals surface area contributed by atoms with E-state index in [1.807, 2.05) is 6.07 Å². The van der Waals surface area contributed by atoms with Gasteiger partial charge in [0.2, 0.25) is 0 Å². The minimum Gasteiger partial charge on any atom is -0.496 e. The van der Waals surface area contributed by atoms with Crippen molar-refractivity contribution in [2.75, 3.05) is 12.8 Å². The first-order valence-corrected chi connectivity index (χ1v) is 6.47. The Bertz CT molecular complexity index is 547. The van der Waals surface area contributed by atoms with E-state index in [1.54, 1.807) is 13.3 Å². The minimum atomic E-state index is 0.220. The van der Waals surface area contributed by atoms with Crippen LogP contribution in [-0.4, -0.2) is 12.1 Å². The van der Waals surface area contributed by atoms with E-state index in [-0.39, 0.29) is 6.01 Å². The van der Waals surface area contributed by atoms with Crippen molar-refractivity contribution < 1.29 is 9.15 Å². The number of aryl methyl sites for hydroxylation is 2. The summed E-state index contributed by atoms with van der Waals surface area (Å²) in [5.41, 5.74) is 7.96. The second kappa shape index (κ2) is 5.78. The van der Waals surface area contributed by atoms with Crippen molar-refractivity contribution in [1.29, 1.82) is 0 Å². The Labute approximate surface area is 113 Å². The van der Waals surface area contributed by atoms with Crippen LogP contribution in [-0.2, 0) is 12.8 Å². The standard InChI is InChI=1S/C15H20N2O2/c1-10(2)11-5-7-14(18-3)12(8-11)4-6-13-9-17-15(16)19-13/h5,7-10H,4,6H2,1-3H3,(H2,16,17). The summed E-state index contributed by atoms with van der Waals surface area (Å²) in [6.07, 6.45) is 3.29. The van der Waals surface area contributed by atoms with Crippen molar-refractivity contribution in [3.8, 4) is 5.75 Å². The Morgan fingerprint density at radius 2 is 2.11 bits per heavy atom. The fourth-order valence-corrected chi connectivity index (χ4v) is 2.05. The third-order valence-corrected chi connectivity index (χ3v) is 3.18. The predicted octanol–water partition coefficient (Wildman–Crippen LogP) is 3.17. The molecular formula is C15H20N2O2. The van der Waals surface area contributed by atoms with E-state index >= 15 is 0 Å². The van der Waals surface area contributed by atoms with Gasteiger partial charge in [-0.3, -0.25) is 0 Å². The van der Waals surface area contributed by atoms with Gasteiger partial charge in [0.15, 0.2) is 0 Å². The number of benzene rings is 1. The van der Waals surface area contributed by atoms with Crippen molar-refractivity contribution in [3.63, 3.8) is 0 Å². The normalized spacial score (nSPS) is 10.9. The molecule has 102 valence electrons. The van der Waals surface area contributed by atoms with Gasteiger partial charge in [-0.2, -0.15) is 0 Å². The highest BCUT2D eigenvalue weighted by atomic mass is 16.5. The summed E-state index contributed by atoms with van der Waals surface area (Å²) in [7, 11) is 1.69. The molecule has 0 fully saturated rings. The molecule has 0 saturated carbocycles. The van der Waals surface area contributed by atoms with Crippen LogP contribution in [0.15, 0.2) is 28.8 Å². The van der Waals surface area contributed by atoms with Crippen LogP contribution in [0.5, 0.6) is 5.75 Å². The van der Waals surface area contributed by atoms with E-state index in [0.29, 0.717) is 5.92 Å². The Balaban J connectivity index is 2.15. The van der Waals surface area contributed by atoms with Gasteiger partial charge in [0.25, 0.3) is 6.01 Å². The lowest BCUT2D eigenvalue weighted by Crippen LogP contribution is -1.98. The molecule has 0 radical (unpaired) electrons. The molecule has 1 heterocycles. The van der Waals surface area contributed by atoms with Gasteiger partial charge >= 0.3 is 0 Å². The molecule has 2 rings (SSSR count). The fraction of sp³-hybridized carbons (Fsp3) is 0.400. The molecule has 1 aromatic heterocycles. The number of nitrogens with zero attached hydrogens (tertiary/aromatic N) is 1. The average molecular weight is 260 g/mol. The van der Waals surface area contributed by atoms with Gasteiger partial charge in [-0.25, -0.2) is 4.98 Å². The highest BCUT2D eigenvalue weighted by Gasteiger charge is 2.09. The first-order valence-electron chi connectivity index (χ1n) is 6.47. The smallest absolute Gasteiger partial charge is 0.292 e. The third kappa shape index (κ3) is 3.28. The van der Waals surface area contributed by atoms with Crippen molar-refractivity contribution in [1.82, 2.24) is 4.98 Å². The van der Waals surface area contributed by atoms with Crippen LogP contribution >= 0.6 is 0 Å². The first kappa shape index (κ1) is 13.5. The summed E-state index contributed by atoms with van der Waals surface area (Å²) >= 11 is 0. The molecule has 0 amide bonds. The van der Waals surface area contributed by atoms with Gasteiger partial charge in [0.1, 0.15) is 11.5 Å². The molecule has 1 aromatic carbocycles. The van der Waals surface area contributed by atoms with Crippen molar-refractivity contribution >= 4 is 6.01 Å². The maximum Gasteiger partial charge on any atom is 0.292 e. The van der Waals surface area contributed by atoms with Gasteiger partial charge in [-0.15, -0.1) is 0 Å². The van der Waals surface area contributed by atoms with Crippen LogP contribution in [0.4, 0.5) is 6.01 Å². The topological polar surface area (TPSA) is 61.3 Å². The monoisotopic (exact) mass is 260 g/mol. The van der Waals surface area contributed by atoms with Gasteiger partial charge < -0.3 is 14.9 Å². The number of methoxy groups -OCH3 is 1. The SMILES string of the molecule is COc1ccc(C(C)C)cc1CCc1cnc(N)o1. The van der Waals surface area contributed by atoms with Gasteiger partial charge in [0.05, 0.1) is 13.3 Å². The summed E-state index contributed by atoms with van der Waals surface area (Å²) in [5, 5.41) is 0. The molecular weight excluding hydrogens is 240 g/mol. The minimum absolute atomic E-state index is 0.220. The Kier molecular flexibility index (Phi) is 4.10. The number of anilines is 1. The number of ether oxygens (including phenoxy) is 1. The average Bonchev–Trinajstić information content (AvgIpc) is 2.81. The van der Waals surface area contributed by atoms with Crippen LogP contribution in [0.1, 0.15) is 36.7 Å². The lowest BCUT2D eigenvalue weighted by molar-refractivity contribution is 0.408. The molecule has 4 heteroatoms. The quantitative estimate of drug-likeness (QED) is 0.897. The molecule has 0 spiro atoms. The van der Waals surface area contributed by atoms with Crippen LogP contribution in [0, 0.1) is 0 Å². The molecule has 0 aliphatic heterocycles. The molecule has 4 nitrogen and oxygen atoms in total. The third-order valence-electron chi connectivity index (χ3n) is 3.18. The molecule has 0 aliphatic carbocycles. The number of aromatic nitrogens is 1. The Hall–Kier alpha value is -1.97. The number of hydrogen-bond acceptors (Lipinski definition) is 4. The molecule has 0 saturated heterocycles. The van der Waals surface area contributed by atoms with Gasteiger partial charge in [0, 0.05) is 6.42 Å². The largest absolute Gasteiger partial charge is 0.496 e. The number of nitrogen functional groups attached to an aromatic ring is 1. The zero-order valence-electron chi connectivity index (χ0n) is 11.6. The molecule has 0 unspecified atom stereocenters. The predicted molar refractivity (Wildman–Crippen MR) is 75.4 cm³/mol. The fourth-order valence-electron chi connectivity index (χ4n) is 2.05. The van der Waals surface area contributed by atoms with E-state index in [9.17, 15) is 0 Å². The number of hydrogen-bond donors (Lipinski definition) is 1. The van der Waals surface area contributed by atoms with Gasteiger partial charge in [-0.1, -0.05) is 26.0 Å². The van der Waals surface area contributed by atoms with E-state index in [1.165, 1.54) is 11.1 Å². The van der Waals surface area contributed by atoms with Crippen molar-refractivity contribution in [3.05, 3.63) is 41.3 Å². The summed E-state index contributed by atoms with van der Waals surface area (Å²) in [6, 6.07) is 6.56. The van der Waals surface area contributed by atoms with Crippen LogP contribution in [0.25, 0.3) is 0 Å². The summed E-state index contributed by atoms with van der Waals surface area (Å²) in [6.45, 7) is 4.37. The lowest BCUT2D eigenvalue weighted by atomic mass is 9.98. The highest BCUT2D eigenvalue weighted by Crippen LogP contribution is 2.25. The van der Waals surface area contributed by atoms with E-state index in [4.69, 9.17) is 14.9 Å². The number of rotatable bonds is 5. The maximum absolute atomic E-state index is 5.47. The zero-order valence-corrected chi connectivity index (χ0v) is 11.6. The van der Waals surface area contributed by atoms with Crippen LogP contribution in [0.2, 0.25) is 0 Å². The van der Waals surface area contributed by atoms with Crippen molar-refractivity contribution in [2.24, 2.45) is 0 Å². The number of nitrogens with two attached hydrogens (primary N) is 1. The maximum atomic E-state index is 5.47. The van der Waals surface area contributed by atoms with Crippen LogP contribution < -0.4 is 10.5 Å². The number of oxazole rings is 1. The summed E-state index contributed by atoms with van der Waals surface area (Å²) in [4.78, 5) is 3.90. The molecule has 0 atom stereocenters. The first-order chi connectivity index (χ1) is 9.10. The molecule has 19 heavy (non-hydrogen) atoms. The summed E-state index contributed by atoms with van der Waals surface area (Å²) < 4.78 is 10.7. The Morgan fingerprint density at radius 1 is 1.32 bits per heavy atom. The zero-order chi connectivity index (χ0) is 13.8.